The van der Waals surface area contributed by atoms with Crippen LogP contribution in [0.25, 0.3) is 22.3 Å². The Hall–Kier alpha value is -6.79. The minimum atomic E-state index is -0.599. The van der Waals surface area contributed by atoms with Crippen molar-refractivity contribution in [2.75, 3.05) is 6.61 Å². The van der Waals surface area contributed by atoms with Crippen molar-refractivity contribution in [1.82, 2.24) is 0 Å². The van der Waals surface area contributed by atoms with E-state index in [2.05, 4.69) is 125 Å². The Kier molecular flexibility index (Phi) is 13.8. The number of phenols is 3. The Bertz CT molecular complexity index is 2990. The van der Waals surface area contributed by atoms with Gasteiger partial charge in [0.15, 0.2) is 6.61 Å². The monoisotopic (exact) mass is 909 g/mol. The van der Waals surface area contributed by atoms with E-state index < -0.39 is 11.6 Å². The molecule has 0 saturated heterocycles. The van der Waals surface area contributed by atoms with Crippen molar-refractivity contribution in [1.29, 1.82) is 0 Å². The van der Waals surface area contributed by atoms with Crippen molar-refractivity contribution in [3.8, 4) is 45.3 Å². The van der Waals surface area contributed by atoms with Crippen LogP contribution in [-0.4, -0.2) is 33.5 Å². The van der Waals surface area contributed by atoms with Crippen LogP contribution in [0.4, 0.5) is 0 Å². The van der Waals surface area contributed by atoms with Crippen molar-refractivity contribution in [3.63, 3.8) is 0 Å². The molecule has 6 heteroatoms. The molecule has 1 atom stereocenters. The minimum absolute atomic E-state index is 0.0999. The van der Waals surface area contributed by atoms with E-state index >= 15 is 0 Å². The second kappa shape index (κ2) is 19.1. The van der Waals surface area contributed by atoms with Gasteiger partial charge in [-0.15, -0.1) is 0 Å². The smallest absolute Gasteiger partial charge is 0.344 e. The number of hydrogen-bond donors (Lipinski definition) is 3. The number of carbonyl (C=O) groups is 1. The van der Waals surface area contributed by atoms with E-state index in [4.69, 9.17) is 9.47 Å². The predicted octanol–water partition coefficient (Wildman–Crippen LogP) is 14.9. The summed E-state index contributed by atoms with van der Waals surface area (Å²) < 4.78 is 11.7. The summed E-state index contributed by atoms with van der Waals surface area (Å²) in [7, 11) is 0. The first-order valence-electron chi connectivity index (χ1n) is 23.6. The molecule has 0 fully saturated rings. The molecule has 0 aliphatic heterocycles. The highest BCUT2D eigenvalue weighted by molar-refractivity contribution is 5.73. The Morgan fingerprint density at radius 1 is 0.426 bits per heavy atom. The summed E-state index contributed by atoms with van der Waals surface area (Å²) in [6.07, 6.45) is 0. The molecule has 7 aromatic carbocycles. The lowest BCUT2D eigenvalue weighted by molar-refractivity contribution is -0.157. The van der Waals surface area contributed by atoms with Crippen LogP contribution in [0.5, 0.6) is 23.0 Å². The van der Waals surface area contributed by atoms with Gasteiger partial charge < -0.3 is 24.8 Å². The Balaban J connectivity index is 1.21. The minimum Gasteiger partial charge on any atom is -0.507 e. The molecule has 0 aliphatic carbocycles. The molecule has 68 heavy (non-hydrogen) atoms. The van der Waals surface area contributed by atoms with Crippen LogP contribution in [0, 0.1) is 83.1 Å². The first kappa shape index (κ1) is 49.1. The number of carbonyl (C=O) groups excluding carboxylic acids is 1. The number of ether oxygens (including phenoxy) is 2. The van der Waals surface area contributed by atoms with E-state index in [-0.39, 0.29) is 18.4 Å². The van der Waals surface area contributed by atoms with E-state index in [1.807, 2.05) is 76.2 Å². The fourth-order valence-electron chi connectivity index (χ4n) is 9.96. The summed E-state index contributed by atoms with van der Waals surface area (Å²) in [6.45, 7) is 29.6. The van der Waals surface area contributed by atoms with Crippen molar-refractivity contribution in [2.45, 2.75) is 121 Å². The molecule has 352 valence electrons. The SMILES string of the molecule is Cc1cc(C(c2ccc(-c3ccc(-c4ccc(C(c5cc(C)c(O)c(C)c5C)c5cc(C)c(OCC(=O)OC(C)(C)C)c(C)c5C)cc4)cc3)cc2)c2cc(C)c(O)c(C)c2C)c(C)c(C)c1O. The van der Waals surface area contributed by atoms with Crippen molar-refractivity contribution < 1.29 is 29.6 Å². The number of hydrogen-bond acceptors (Lipinski definition) is 6. The zero-order chi connectivity index (χ0) is 49.7. The second-order valence-electron chi connectivity index (χ2n) is 20.1. The van der Waals surface area contributed by atoms with Crippen LogP contribution in [0.2, 0.25) is 0 Å². The number of benzene rings is 7. The summed E-state index contributed by atoms with van der Waals surface area (Å²) in [5.74, 6) is 1.03. The third-order valence-electron chi connectivity index (χ3n) is 14.4. The Morgan fingerprint density at radius 2 is 0.706 bits per heavy atom. The summed E-state index contributed by atoms with van der Waals surface area (Å²) in [5.41, 5.74) is 21.9. The molecular weight excluding hydrogens is 841 g/mol. The molecule has 0 heterocycles. The van der Waals surface area contributed by atoms with Gasteiger partial charge in [0.05, 0.1) is 0 Å². The lowest BCUT2D eigenvalue weighted by Crippen LogP contribution is -2.27. The van der Waals surface area contributed by atoms with Crippen LogP contribution in [0.1, 0.15) is 133 Å². The van der Waals surface area contributed by atoms with Gasteiger partial charge in [-0.1, -0.05) is 97.1 Å². The quantitative estimate of drug-likeness (QED) is 0.0884. The normalized spacial score (nSPS) is 12.1. The molecular formula is C62H68O6. The molecule has 7 rings (SSSR count). The molecule has 0 spiro atoms. The molecule has 1 unspecified atom stereocenters. The van der Waals surface area contributed by atoms with Crippen molar-refractivity contribution >= 4 is 5.97 Å². The number of esters is 1. The number of aromatic hydroxyl groups is 3. The molecule has 0 amide bonds. The van der Waals surface area contributed by atoms with E-state index in [1.165, 1.54) is 0 Å². The highest BCUT2D eigenvalue weighted by Gasteiger charge is 2.28. The van der Waals surface area contributed by atoms with E-state index in [0.717, 1.165) is 122 Å². The lowest BCUT2D eigenvalue weighted by atomic mass is 9.78. The van der Waals surface area contributed by atoms with Crippen LogP contribution in [0.3, 0.4) is 0 Å². The lowest BCUT2D eigenvalue weighted by Gasteiger charge is -2.27. The van der Waals surface area contributed by atoms with Gasteiger partial charge in [-0.05, 0) is 226 Å². The van der Waals surface area contributed by atoms with Gasteiger partial charge in [0.2, 0.25) is 0 Å². The molecule has 3 N–H and O–H groups in total. The predicted molar refractivity (Wildman–Crippen MR) is 278 cm³/mol. The summed E-state index contributed by atoms with van der Waals surface area (Å²) in [6, 6.07) is 34.9. The van der Waals surface area contributed by atoms with E-state index in [0.29, 0.717) is 23.0 Å². The fraction of sp³-hybridized carbons (Fsp3) is 0.306. The molecule has 7 aromatic rings. The largest absolute Gasteiger partial charge is 0.507 e. The topological polar surface area (TPSA) is 96.2 Å². The van der Waals surface area contributed by atoms with Gasteiger partial charge in [-0.3, -0.25) is 0 Å². The van der Waals surface area contributed by atoms with Crippen LogP contribution < -0.4 is 4.74 Å². The van der Waals surface area contributed by atoms with Gasteiger partial charge in [-0.2, -0.15) is 0 Å². The highest BCUT2D eigenvalue weighted by atomic mass is 16.6. The maximum Gasteiger partial charge on any atom is 0.344 e. The van der Waals surface area contributed by atoms with Crippen molar-refractivity contribution in [3.05, 3.63) is 197 Å². The maximum atomic E-state index is 12.6. The molecule has 0 saturated carbocycles. The van der Waals surface area contributed by atoms with Gasteiger partial charge >= 0.3 is 5.97 Å². The number of aryl methyl sites for hydroxylation is 4. The molecule has 0 aromatic heterocycles. The Labute approximate surface area is 404 Å². The maximum absolute atomic E-state index is 12.6. The van der Waals surface area contributed by atoms with Gasteiger partial charge in [0, 0.05) is 11.8 Å². The van der Waals surface area contributed by atoms with Crippen LogP contribution in [0.15, 0.2) is 97.1 Å². The number of phenolic OH excluding ortho intramolecular Hbond substituents is 3. The summed E-state index contributed by atoms with van der Waals surface area (Å²) in [4.78, 5) is 12.6. The van der Waals surface area contributed by atoms with Crippen LogP contribution >= 0.6 is 0 Å². The van der Waals surface area contributed by atoms with Crippen LogP contribution in [-0.2, 0) is 9.53 Å². The van der Waals surface area contributed by atoms with Gasteiger partial charge in [0.25, 0.3) is 0 Å². The molecule has 0 radical (unpaired) electrons. The first-order valence-corrected chi connectivity index (χ1v) is 23.6. The standard InChI is InChI=1S/C62H68O6/c1-33-28-51(37(5)41(9)58(33)64)56(52-29-34(2)59(65)42(10)38(52)6)49-24-20-47(21-25-49)45-16-18-46(19-17-45)48-22-26-50(27-23-48)57(53-30-35(3)60(66)43(11)39(53)7)54-31-36(4)61(44(12)40(54)8)67-32-55(63)68-62(13,14)15/h16-31,56-57,64-66H,32H2,1-15H3. The molecule has 0 bridgehead atoms. The van der Waals surface area contributed by atoms with E-state index in [1.54, 1.807) is 0 Å². The third kappa shape index (κ3) is 9.51. The average molecular weight is 909 g/mol. The average Bonchev–Trinajstić information content (AvgIpc) is 3.30. The number of rotatable bonds is 11. The first-order chi connectivity index (χ1) is 32.0. The second-order valence-corrected chi connectivity index (χ2v) is 20.1. The van der Waals surface area contributed by atoms with Crippen molar-refractivity contribution in [2.24, 2.45) is 0 Å². The van der Waals surface area contributed by atoms with Gasteiger partial charge in [-0.25, -0.2) is 4.79 Å². The summed E-state index contributed by atoms with van der Waals surface area (Å²) in [5, 5.41) is 32.7. The zero-order valence-electron chi connectivity index (χ0n) is 42.7. The fourth-order valence-corrected chi connectivity index (χ4v) is 9.96. The third-order valence-corrected chi connectivity index (χ3v) is 14.4. The summed E-state index contributed by atoms with van der Waals surface area (Å²) >= 11 is 0. The Morgan fingerprint density at radius 3 is 1.01 bits per heavy atom. The molecule has 0 aliphatic rings. The zero-order valence-corrected chi connectivity index (χ0v) is 42.7. The van der Waals surface area contributed by atoms with E-state index in [9.17, 15) is 20.1 Å². The highest BCUT2D eigenvalue weighted by Crippen LogP contribution is 2.45. The van der Waals surface area contributed by atoms with Gasteiger partial charge in [0.1, 0.15) is 28.6 Å². The molecule has 6 nitrogen and oxygen atoms in total.